The number of carbonyl (C=O) groups is 1. The van der Waals surface area contributed by atoms with Gasteiger partial charge in [0.05, 0.1) is 6.04 Å². The van der Waals surface area contributed by atoms with Gasteiger partial charge >= 0.3 is 6.09 Å². The van der Waals surface area contributed by atoms with E-state index in [-0.39, 0.29) is 18.2 Å². The van der Waals surface area contributed by atoms with E-state index in [0.29, 0.717) is 12.5 Å². The SMILES string of the molecule is C[C@H](N)c1ccc([C@H](CC2CC2)C2CNCCN2C(=O)OC(C)(C)C)cc1. The molecule has 1 aromatic rings. The molecule has 1 aromatic carbocycles. The number of piperazine rings is 1. The number of benzene rings is 1. The monoisotopic (exact) mass is 373 g/mol. The third-order valence-electron chi connectivity index (χ3n) is 5.55. The summed E-state index contributed by atoms with van der Waals surface area (Å²) >= 11 is 0. The number of ether oxygens (including phenoxy) is 1. The van der Waals surface area contributed by atoms with Crippen molar-refractivity contribution >= 4 is 6.09 Å². The number of nitrogens with zero attached hydrogens (tertiary/aromatic N) is 1. The first kappa shape index (κ1) is 20.2. The summed E-state index contributed by atoms with van der Waals surface area (Å²) < 4.78 is 5.71. The molecule has 0 radical (unpaired) electrons. The van der Waals surface area contributed by atoms with E-state index in [2.05, 4.69) is 29.6 Å². The van der Waals surface area contributed by atoms with E-state index in [9.17, 15) is 4.79 Å². The van der Waals surface area contributed by atoms with Crippen LogP contribution in [0.15, 0.2) is 24.3 Å². The predicted molar refractivity (Wildman–Crippen MR) is 109 cm³/mol. The third-order valence-corrected chi connectivity index (χ3v) is 5.55. The zero-order valence-electron chi connectivity index (χ0n) is 17.2. The molecule has 3 atom stereocenters. The van der Waals surface area contributed by atoms with Gasteiger partial charge in [-0.2, -0.15) is 0 Å². The largest absolute Gasteiger partial charge is 0.444 e. The standard InChI is InChI=1S/C22H35N3O2/c1-15(23)17-7-9-18(10-8-17)19(13-16-5-6-16)20-14-24-11-12-25(20)21(26)27-22(2,3)4/h7-10,15-16,19-20,24H,5-6,11-14,23H2,1-4H3/t15-,19-,20?/m0/s1. The van der Waals surface area contributed by atoms with Crippen LogP contribution in [0.3, 0.4) is 0 Å². The van der Waals surface area contributed by atoms with Crippen molar-refractivity contribution < 1.29 is 9.53 Å². The second-order valence-electron chi connectivity index (χ2n) is 9.19. The first-order chi connectivity index (χ1) is 12.7. The van der Waals surface area contributed by atoms with Crippen molar-refractivity contribution in [3.05, 3.63) is 35.4 Å². The first-order valence-electron chi connectivity index (χ1n) is 10.3. The molecule has 1 saturated carbocycles. The van der Waals surface area contributed by atoms with Crippen molar-refractivity contribution in [3.8, 4) is 0 Å². The maximum atomic E-state index is 12.9. The lowest BCUT2D eigenvalue weighted by Crippen LogP contribution is -2.56. The second kappa shape index (κ2) is 8.19. The number of rotatable bonds is 5. The number of nitrogens with two attached hydrogens (primary N) is 1. The molecule has 1 amide bonds. The number of hydrogen-bond donors (Lipinski definition) is 2. The van der Waals surface area contributed by atoms with Crippen LogP contribution >= 0.6 is 0 Å². The highest BCUT2D eigenvalue weighted by Crippen LogP contribution is 2.41. The van der Waals surface area contributed by atoms with E-state index < -0.39 is 5.60 Å². The first-order valence-corrected chi connectivity index (χ1v) is 10.3. The van der Waals surface area contributed by atoms with Crippen molar-refractivity contribution in [2.45, 2.75) is 70.6 Å². The molecule has 150 valence electrons. The van der Waals surface area contributed by atoms with Crippen LogP contribution in [-0.2, 0) is 4.74 Å². The summed E-state index contributed by atoms with van der Waals surface area (Å²) in [5, 5.41) is 3.49. The summed E-state index contributed by atoms with van der Waals surface area (Å²) in [6, 6.07) is 8.83. The molecule has 0 aromatic heterocycles. The third kappa shape index (κ3) is 5.45. The van der Waals surface area contributed by atoms with Crippen LogP contribution in [0.4, 0.5) is 4.79 Å². The van der Waals surface area contributed by atoms with Crippen LogP contribution in [0.5, 0.6) is 0 Å². The molecule has 0 bridgehead atoms. The minimum atomic E-state index is -0.475. The van der Waals surface area contributed by atoms with Crippen LogP contribution in [0, 0.1) is 5.92 Å². The molecule has 1 saturated heterocycles. The highest BCUT2D eigenvalue weighted by atomic mass is 16.6. The molecule has 2 aliphatic rings. The molecule has 1 aliphatic carbocycles. The van der Waals surface area contributed by atoms with E-state index in [0.717, 1.165) is 31.0 Å². The highest BCUT2D eigenvalue weighted by Gasteiger charge is 2.38. The zero-order valence-corrected chi connectivity index (χ0v) is 17.2. The molecule has 1 aliphatic heterocycles. The fourth-order valence-corrected chi connectivity index (χ4v) is 3.91. The molecular formula is C22H35N3O2. The van der Waals surface area contributed by atoms with Gasteiger partial charge < -0.3 is 20.7 Å². The summed E-state index contributed by atoms with van der Waals surface area (Å²) in [5.41, 5.74) is 7.99. The smallest absolute Gasteiger partial charge is 0.410 e. The van der Waals surface area contributed by atoms with Crippen LogP contribution in [0.25, 0.3) is 0 Å². The van der Waals surface area contributed by atoms with Gasteiger partial charge in [-0.1, -0.05) is 37.1 Å². The molecular weight excluding hydrogens is 338 g/mol. The Morgan fingerprint density at radius 3 is 2.44 bits per heavy atom. The van der Waals surface area contributed by atoms with E-state index in [1.807, 2.05) is 32.6 Å². The number of carbonyl (C=O) groups excluding carboxylic acids is 1. The normalized spacial score (nSPS) is 23.0. The van der Waals surface area contributed by atoms with Crippen molar-refractivity contribution in [2.24, 2.45) is 11.7 Å². The van der Waals surface area contributed by atoms with Crippen LogP contribution < -0.4 is 11.1 Å². The fourth-order valence-electron chi connectivity index (χ4n) is 3.91. The van der Waals surface area contributed by atoms with Gasteiger partial charge in [0.2, 0.25) is 0 Å². The molecule has 2 fully saturated rings. The number of nitrogens with one attached hydrogen (secondary N) is 1. The topological polar surface area (TPSA) is 67.6 Å². The molecule has 5 nitrogen and oxygen atoms in total. The Morgan fingerprint density at radius 1 is 1.26 bits per heavy atom. The maximum Gasteiger partial charge on any atom is 0.410 e. The average Bonchev–Trinajstić information content (AvgIpc) is 3.42. The van der Waals surface area contributed by atoms with E-state index in [1.165, 1.54) is 18.4 Å². The van der Waals surface area contributed by atoms with Crippen molar-refractivity contribution in [1.29, 1.82) is 0 Å². The number of amides is 1. The lowest BCUT2D eigenvalue weighted by atomic mass is 9.84. The molecule has 1 unspecified atom stereocenters. The molecule has 0 spiro atoms. The Hall–Kier alpha value is -1.59. The van der Waals surface area contributed by atoms with E-state index >= 15 is 0 Å². The lowest BCUT2D eigenvalue weighted by molar-refractivity contribution is 0.00819. The van der Waals surface area contributed by atoms with Gasteiger partial charge in [0, 0.05) is 31.6 Å². The van der Waals surface area contributed by atoms with Crippen LogP contribution in [-0.4, -0.2) is 42.3 Å². The van der Waals surface area contributed by atoms with Gasteiger partial charge in [0.15, 0.2) is 0 Å². The molecule has 27 heavy (non-hydrogen) atoms. The van der Waals surface area contributed by atoms with Gasteiger partial charge in [-0.05, 0) is 51.2 Å². The summed E-state index contributed by atoms with van der Waals surface area (Å²) in [6.07, 6.45) is 3.55. The Labute approximate surface area is 163 Å². The summed E-state index contributed by atoms with van der Waals surface area (Å²) in [6.45, 7) is 10.1. The van der Waals surface area contributed by atoms with E-state index in [4.69, 9.17) is 10.5 Å². The molecule has 5 heteroatoms. The highest BCUT2D eigenvalue weighted by molar-refractivity contribution is 5.69. The Kier molecular flexibility index (Phi) is 6.11. The minimum absolute atomic E-state index is 0.0375. The Morgan fingerprint density at radius 2 is 1.89 bits per heavy atom. The predicted octanol–water partition coefficient (Wildman–Crippen LogP) is 3.80. The Bertz CT molecular complexity index is 632. The minimum Gasteiger partial charge on any atom is -0.444 e. The summed E-state index contributed by atoms with van der Waals surface area (Å²) in [4.78, 5) is 14.8. The lowest BCUT2D eigenvalue weighted by Gasteiger charge is -2.41. The zero-order chi connectivity index (χ0) is 19.6. The summed E-state index contributed by atoms with van der Waals surface area (Å²) in [7, 11) is 0. The average molecular weight is 374 g/mol. The van der Waals surface area contributed by atoms with Crippen molar-refractivity contribution in [2.75, 3.05) is 19.6 Å². The maximum absolute atomic E-state index is 12.9. The van der Waals surface area contributed by atoms with Gasteiger partial charge in [-0.25, -0.2) is 4.79 Å². The van der Waals surface area contributed by atoms with Crippen LogP contribution in [0.1, 0.15) is 70.0 Å². The quantitative estimate of drug-likeness (QED) is 0.824. The molecule has 3 N–H and O–H groups in total. The van der Waals surface area contributed by atoms with Crippen LogP contribution in [0.2, 0.25) is 0 Å². The second-order valence-corrected chi connectivity index (χ2v) is 9.19. The van der Waals surface area contributed by atoms with Gasteiger partial charge in [-0.3, -0.25) is 0 Å². The Balaban J connectivity index is 1.83. The summed E-state index contributed by atoms with van der Waals surface area (Å²) in [5.74, 6) is 1.10. The molecule has 1 heterocycles. The van der Waals surface area contributed by atoms with E-state index in [1.54, 1.807) is 0 Å². The van der Waals surface area contributed by atoms with Crippen molar-refractivity contribution in [1.82, 2.24) is 10.2 Å². The molecule has 3 rings (SSSR count). The number of hydrogen-bond acceptors (Lipinski definition) is 4. The van der Waals surface area contributed by atoms with Gasteiger partial charge in [0.1, 0.15) is 5.60 Å². The fraction of sp³-hybridized carbons (Fsp3) is 0.682. The van der Waals surface area contributed by atoms with Gasteiger partial charge in [-0.15, -0.1) is 0 Å². The van der Waals surface area contributed by atoms with Gasteiger partial charge in [0.25, 0.3) is 0 Å². The van der Waals surface area contributed by atoms with Crippen molar-refractivity contribution in [3.63, 3.8) is 0 Å².